The second-order valence-electron chi connectivity index (χ2n) is 7.19. The van der Waals surface area contributed by atoms with Gasteiger partial charge in [0, 0.05) is 9.50 Å². The van der Waals surface area contributed by atoms with E-state index in [1.165, 1.54) is 4.90 Å². The summed E-state index contributed by atoms with van der Waals surface area (Å²) in [5.74, 6) is 0.609. The van der Waals surface area contributed by atoms with Crippen molar-refractivity contribution in [2.24, 2.45) is 0 Å². The van der Waals surface area contributed by atoms with Crippen molar-refractivity contribution in [2.75, 3.05) is 0 Å². The predicted octanol–water partition coefficient (Wildman–Crippen LogP) is 6.49. The number of imide groups is 1. The van der Waals surface area contributed by atoms with Crippen molar-refractivity contribution in [3.8, 4) is 5.75 Å². The largest absolute Gasteiger partial charge is 0.489 e. The maximum atomic E-state index is 12.8. The fourth-order valence-electron chi connectivity index (χ4n) is 3.23. The molecule has 1 fully saturated rings. The summed E-state index contributed by atoms with van der Waals surface area (Å²) >= 11 is 10.4. The summed E-state index contributed by atoms with van der Waals surface area (Å²) < 4.78 is 6.86. The second-order valence-corrected chi connectivity index (χ2v) is 9.69. The number of halogens is 2. The van der Waals surface area contributed by atoms with Crippen LogP contribution in [0.5, 0.6) is 5.75 Å². The fourth-order valence-corrected chi connectivity index (χ4v) is 4.65. The minimum atomic E-state index is -0.408. The van der Waals surface area contributed by atoms with Gasteiger partial charge in [0.2, 0.25) is 5.91 Å². The predicted molar refractivity (Wildman–Crippen MR) is 127 cm³/mol. The smallest absolute Gasteiger partial charge is 0.289 e. The Labute approximate surface area is 198 Å². The zero-order valence-electron chi connectivity index (χ0n) is 16.5. The minimum absolute atomic E-state index is 0.152. The van der Waals surface area contributed by atoms with Crippen LogP contribution in [0.25, 0.3) is 0 Å². The quantitative estimate of drug-likeness (QED) is 0.360. The molecule has 0 aromatic heterocycles. The lowest BCUT2D eigenvalue weighted by Gasteiger charge is -2.14. The molecule has 0 radical (unpaired) electrons. The Balaban J connectivity index is 1.33. The van der Waals surface area contributed by atoms with Crippen molar-refractivity contribution < 1.29 is 14.3 Å². The second kappa shape index (κ2) is 9.90. The Morgan fingerprint density at radius 1 is 0.871 bits per heavy atom. The summed E-state index contributed by atoms with van der Waals surface area (Å²) in [6.07, 6.45) is 0.499. The number of rotatable bonds is 7. The van der Waals surface area contributed by atoms with E-state index in [1.807, 2.05) is 60.7 Å². The van der Waals surface area contributed by atoms with Crippen molar-refractivity contribution in [1.82, 2.24) is 4.90 Å². The van der Waals surface area contributed by atoms with E-state index in [-0.39, 0.29) is 17.7 Å². The van der Waals surface area contributed by atoms with Gasteiger partial charge in [-0.05, 0) is 59.5 Å². The van der Waals surface area contributed by atoms with Gasteiger partial charge in [-0.2, -0.15) is 0 Å². The van der Waals surface area contributed by atoms with Crippen LogP contribution in [-0.2, 0) is 24.4 Å². The molecule has 0 unspecified atom stereocenters. The third-order valence-corrected chi connectivity index (χ3v) is 6.78. The van der Waals surface area contributed by atoms with Gasteiger partial charge in [0.25, 0.3) is 5.24 Å². The number of nitrogens with zero attached hydrogens (tertiary/aromatic N) is 1. The third kappa shape index (κ3) is 5.70. The molecular weight excluding hydrogens is 498 g/mol. The van der Waals surface area contributed by atoms with Crippen molar-refractivity contribution in [1.29, 1.82) is 0 Å². The summed E-state index contributed by atoms with van der Waals surface area (Å²) in [5, 5.41) is 0.00748. The molecule has 0 bridgehead atoms. The molecule has 1 aliphatic heterocycles. The molecule has 0 spiro atoms. The molecule has 1 heterocycles. The van der Waals surface area contributed by atoms with E-state index < -0.39 is 5.25 Å². The first-order valence-electron chi connectivity index (χ1n) is 9.70. The summed E-state index contributed by atoms with van der Waals surface area (Å²) in [6, 6.07) is 22.8. The van der Waals surface area contributed by atoms with Gasteiger partial charge in [-0.25, -0.2) is 0 Å². The van der Waals surface area contributed by atoms with E-state index in [1.54, 1.807) is 12.1 Å². The van der Waals surface area contributed by atoms with Crippen molar-refractivity contribution in [2.45, 2.75) is 24.8 Å². The van der Waals surface area contributed by atoms with Crippen LogP contribution in [0.3, 0.4) is 0 Å². The van der Waals surface area contributed by atoms with Gasteiger partial charge in [-0.3, -0.25) is 14.5 Å². The Morgan fingerprint density at radius 2 is 1.48 bits per heavy atom. The molecule has 2 amide bonds. The summed E-state index contributed by atoms with van der Waals surface area (Å²) in [5.41, 5.74) is 2.95. The SMILES string of the molecule is O=C1S[C@@H](Cc2ccc(OCc3ccc(Br)cc3)cc2)C(=O)N1Cc1ccc(Cl)cc1. The van der Waals surface area contributed by atoms with Crippen molar-refractivity contribution in [3.63, 3.8) is 0 Å². The maximum absolute atomic E-state index is 12.8. The average molecular weight is 517 g/mol. The van der Waals surface area contributed by atoms with Crippen LogP contribution in [0.4, 0.5) is 4.79 Å². The molecule has 3 aromatic carbocycles. The molecule has 158 valence electrons. The molecule has 0 saturated carbocycles. The Morgan fingerprint density at radius 3 is 2.16 bits per heavy atom. The molecule has 7 heteroatoms. The molecule has 1 aliphatic rings. The zero-order chi connectivity index (χ0) is 21.8. The zero-order valence-corrected chi connectivity index (χ0v) is 19.6. The third-order valence-electron chi connectivity index (χ3n) is 4.92. The maximum Gasteiger partial charge on any atom is 0.289 e. The van der Waals surface area contributed by atoms with Crippen LogP contribution in [-0.4, -0.2) is 21.3 Å². The monoisotopic (exact) mass is 515 g/mol. The van der Waals surface area contributed by atoms with E-state index in [2.05, 4.69) is 15.9 Å². The first-order chi connectivity index (χ1) is 15.0. The number of ether oxygens (including phenoxy) is 1. The van der Waals surface area contributed by atoms with Crippen molar-refractivity contribution >= 4 is 50.4 Å². The van der Waals surface area contributed by atoms with Crippen LogP contribution >= 0.6 is 39.3 Å². The first kappa shape index (κ1) is 21.9. The highest BCUT2D eigenvalue weighted by Gasteiger charge is 2.39. The van der Waals surface area contributed by atoms with Crippen LogP contribution in [0.1, 0.15) is 16.7 Å². The highest BCUT2D eigenvalue weighted by molar-refractivity contribution is 9.10. The molecule has 3 aromatic rings. The lowest BCUT2D eigenvalue weighted by Crippen LogP contribution is -2.31. The summed E-state index contributed by atoms with van der Waals surface area (Å²) in [6.45, 7) is 0.749. The molecule has 1 atom stereocenters. The number of hydrogen-bond acceptors (Lipinski definition) is 4. The summed E-state index contributed by atoms with van der Waals surface area (Å²) in [7, 11) is 0. The fraction of sp³-hybridized carbons (Fsp3) is 0.167. The molecule has 0 aliphatic carbocycles. The lowest BCUT2D eigenvalue weighted by molar-refractivity contribution is -0.127. The Bertz CT molecular complexity index is 1070. The standard InChI is InChI=1S/C24H19BrClNO3S/c25-19-7-1-18(2-8-19)15-30-21-11-5-16(6-12-21)13-22-23(28)27(24(29)31-22)14-17-3-9-20(26)10-4-17/h1-12,22H,13-15H2/t22-/m0/s1. The van der Waals surface area contributed by atoms with Gasteiger partial charge in [0.05, 0.1) is 11.8 Å². The topological polar surface area (TPSA) is 46.6 Å². The summed E-state index contributed by atoms with van der Waals surface area (Å²) in [4.78, 5) is 26.5. The molecule has 4 nitrogen and oxygen atoms in total. The van der Waals surface area contributed by atoms with E-state index in [9.17, 15) is 9.59 Å². The van der Waals surface area contributed by atoms with Gasteiger partial charge in [-0.15, -0.1) is 0 Å². The molecule has 0 N–H and O–H groups in total. The van der Waals surface area contributed by atoms with E-state index in [0.29, 0.717) is 18.1 Å². The Kier molecular flexibility index (Phi) is 7.00. The van der Waals surface area contributed by atoms with Crippen LogP contribution in [0.15, 0.2) is 77.3 Å². The number of hydrogen-bond donors (Lipinski definition) is 0. The average Bonchev–Trinajstić information content (AvgIpc) is 3.03. The van der Waals surface area contributed by atoms with E-state index in [4.69, 9.17) is 16.3 Å². The normalized spacial score (nSPS) is 16.1. The van der Waals surface area contributed by atoms with Gasteiger partial charge in [-0.1, -0.05) is 75.7 Å². The number of amides is 2. The lowest BCUT2D eigenvalue weighted by atomic mass is 10.1. The highest BCUT2D eigenvalue weighted by Crippen LogP contribution is 2.31. The minimum Gasteiger partial charge on any atom is -0.489 e. The molecule has 4 rings (SSSR count). The molecular formula is C24H19BrClNO3S. The van der Waals surface area contributed by atoms with E-state index in [0.717, 1.165) is 38.7 Å². The van der Waals surface area contributed by atoms with E-state index >= 15 is 0 Å². The van der Waals surface area contributed by atoms with Crippen LogP contribution in [0.2, 0.25) is 5.02 Å². The van der Waals surface area contributed by atoms with Gasteiger partial charge >= 0.3 is 0 Å². The van der Waals surface area contributed by atoms with Gasteiger partial charge in [0.15, 0.2) is 0 Å². The molecule has 1 saturated heterocycles. The Hall–Kier alpha value is -2.28. The van der Waals surface area contributed by atoms with Gasteiger partial charge < -0.3 is 4.74 Å². The highest BCUT2D eigenvalue weighted by atomic mass is 79.9. The number of thioether (sulfide) groups is 1. The number of benzene rings is 3. The van der Waals surface area contributed by atoms with Crippen molar-refractivity contribution in [3.05, 3.63) is 99.0 Å². The van der Waals surface area contributed by atoms with Crippen LogP contribution in [0, 0.1) is 0 Å². The number of carbonyl (C=O) groups is 2. The van der Waals surface area contributed by atoms with Gasteiger partial charge in [0.1, 0.15) is 12.4 Å². The first-order valence-corrected chi connectivity index (χ1v) is 11.8. The van der Waals surface area contributed by atoms with Crippen LogP contribution < -0.4 is 4.74 Å². The number of carbonyl (C=O) groups excluding carboxylic acids is 2. The molecule has 31 heavy (non-hydrogen) atoms.